The summed E-state index contributed by atoms with van der Waals surface area (Å²) in [4.78, 5) is 24.3. The van der Waals surface area contributed by atoms with Crippen LogP contribution < -0.4 is 5.73 Å². The van der Waals surface area contributed by atoms with Crippen LogP contribution in [0.5, 0.6) is 0 Å². The van der Waals surface area contributed by atoms with E-state index in [1.54, 1.807) is 4.90 Å². The fourth-order valence-electron chi connectivity index (χ4n) is 2.01. The van der Waals surface area contributed by atoms with Gasteiger partial charge >= 0.3 is 0 Å². The van der Waals surface area contributed by atoms with E-state index >= 15 is 0 Å². The number of aliphatic hydroxyl groups is 1. The van der Waals surface area contributed by atoms with Gasteiger partial charge in [-0.15, -0.1) is 0 Å². The third-order valence-electron chi connectivity index (χ3n) is 3.33. The van der Waals surface area contributed by atoms with E-state index in [0.717, 1.165) is 12.8 Å². The molecule has 0 bridgehead atoms. The lowest BCUT2D eigenvalue weighted by Gasteiger charge is -2.23. The second-order valence-corrected chi connectivity index (χ2v) is 5.57. The molecule has 0 aromatic heterocycles. The van der Waals surface area contributed by atoms with E-state index in [1.165, 1.54) is 0 Å². The lowest BCUT2D eigenvalue weighted by Crippen LogP contribution is -2.30. The average Bonchev–Trinajstić information content (AvgIpc) is 2.60. The smallest absolute Gasteiger partial charge is 0.223 e. The molecule has 1 fully saturated rings. The van der Waals surface area contributed by atoms with Crippen molar-refractivity contribution in [3.05, 3.63) is 0 Å². The molecule has 1 unspecified atom stereocenters. The van der Waals surface area contributed by atoms with Crippen molar-refractivity contribution in [1.29, 1.82) is 0 Å². The molecule has 0 aliphatic carbocycles. The maximum Gasteiger partial charge on any atom is 0.223 e. The van der Waals surface area contributed by atoms with Crippen LogP contribution in [-0.4, -0.2) is 41.5 Å². The highest BCUT2D eigenvalue weighted by Gasteiger charge is 2.32. The minimum atomic E-state index is -0.392. The van der Waals surface area contributed by atoms with Crippen LogP contribution in [0.1, 0.15) is 33.1 Å². The number of likely N-dealkylation sites (tertiary alicyclic amines) is 1. The summed E-state index contributed by atoms with van der Waals surface area (Å²) in [6, 6.07) is 0. The number of amides is 2. The molecule has 1 aliphatic heterocycles. The van der Waals surface area contributed by atoms with Crippen molar-refractivity contribution in [2.75, 3.05) is 19.7 Å². The predicted molar refractivity (Wildman–Crippen MR) is 64.0 cm³/mol. The Kier molecular flexibility index (Phi) is 4.51. The number of nitrogens with zero attached hydrogens (tertiary/aromatic N) is 1. The first-order valence-electron chi connectivity index (χ1n) is 6.04. The Balaban J connectivity index is 2.34. The van der Waals surface area contributed by atoms with E-state index in [0.29, 0.717) is 13.1 Å². The monoisotopic (exact) mass is 242 g/mol. The zero-order chi connectivity index (χ0) is 13.1. The van der Waals surface area contributed by atoms with E-state index in [9.17, 15) is 9.59 Å². The van der Waals surface area contributed by atoms with Crippen molar-refractivity contribution in [2.45, 2.75) is 33.1 Å². The first-order chi connectivity index (χ1) is 7.85. The van der Waals surface area contributed by atoms with Crippen LogP contribution in [0, 0.1) is 11.3 Å². The minimum absolute atomic E-state index is 0.00982. The Hall–Kier alpha value is -1.10. The first-order valence-corrected chi connectivity index (χ1v) is 6.04. The van der Waals surface area contributed by atoms with Crippen molar-refractivity contribution < 1.29 is 14.7 Å². The van der Waals surface area contributed by atoms with Gasteiger partial charge < -0.3 is 15.7 Å². The summed E-state index contributed by atoms with van der Waals surface area (Å²) in [5, 5.41) is 9.11. The van der Waals surface area contributed by atoms with Crippen LogP contribution >= 0.6 is 0 Å². The summed E-state index contributed by atoms with van der Waals surface area (Å²) in [6.07, 6.45) is 1.94. The topological polar surface area (TPSA) is 83.6 Å². The third-order valence-corrected chi connectivity index (χ3v) is 3.33. The number of primary amides is 1. The zero-order valence-electron chi connectivity index (χ0n) is 10.6. The number of hydrogen-bond donors (Lipinski definition) is 2. The molecule has 98 valence electrons. The van der Waals surface area contributed by atoms with Crippen molar-refractivity contribution in [3.8, 4) is 0 Å². The molecule has 3 N–H and O–H groups in total. The van der Waals surface area contributed by atoms with Crippen LogP contribution in [0.2, 0.25) is 0 Å². The molecular weight excluding hydrogens is 220 g/mol. The maximum absolute atomic E-state index is 11.6. The quantitative estimate of drug-likeness (QED) is 0.694. The van der Waals surface area contributed by atoms with Crippen molar-refractivity contribution in [3.63, 3.8) is 0 Å². The highest BCUT2D eigenvalue weighted by Crippen LogP contribution is 2.23. The van der Waals surface area contributed by atoms with Crippen LogP contribution in [0.25, 0.3) is 0 Å². The van der Waals surface area contributed by atoms with Gasteiger partial charge in [-0.25, -0.2) is 0 Å². The van der Waals surface area contributed by atoms with Crippen LogP contribution in [0.3, 0.4) is 0 Å². The minimum Gasteiger partial charge on any atom is -0.396 e. The molecule has 1 aliphatic rings. The van der Waals surface area contributed by atoms with Crippen LogP contribution in [0.4, 0.5) is 0 Å². The predicted octanol–water partition coefficient (Wildman–Crippen LogP) is 0.119. The summed E-state index contributed by atoms with van der Waals surface area (Å²) in [5.74, 6) is -0.708. The summed E-state index contributed by atoms with van der Waals surface area (Å²) in [7, 11) is 0. The molecule has 1 saturated heterocycles. The highest BCUT2D eigenvalue weighted by atomic mass is 16.3. The number of rotatable bonds is 6. The van der Waals surface area contributed by atoms with Crippen LogP contribution in [0.15, 0.2) is 0 Å². The van der Waals surface area contributed by atoms with Gasteiger partial charge in [0, 0.05) is 26.1 Å². The number of carbonyl (C=O) groups excluding carboxylic acids is 2. The van der Waals surface area contributed by atoms with Gasteiger partial charge in [-0.3, -0.25) is 9.59 Å². The van der Waals surface area contributed by atoms with E-state index in [1.807, 2.05) is 13.8 Å². The van der Waals surface area contributed by atoms with Gasteiger partial charge in [0.25, 0.3) is 0 Å². The van der Waals surface area contributed by atoms with E-state index in [2.05, 4.69) is 0 Å². The molecule has 1 rings (SSSR count). The van der Waals surface area contributed by atoms with Gasteiger partial charge in [0.15, 0.2) is 0 Å². The highest BCUT2D eigenvalue weighted by molar-refractivity contribution is 5.88. The van der Waals surface area contributed by atoms with Gasteiger partial charge in [0.1, 0.15) is 0 Å². The Morgan fingerprint density at radius 3 is 2.71 bits per heavy atom. The van der Waals surface area contributed by atoms with E-state index in [4.69, 9.17) is 10.8 Å². The Morgan fingerprint density at radius 1 is 1.59 bits per heavy atom. The van der Waals surface area contributed by atoms with Gasteiger partial charge in [-0.1, -0.05) is 13.8 Å². The van der Waals surface area contributed by atoms with Crippen molar-refractivity contribution in [2.24, 2.45) is 17.1 Å². The van der Waals surface area contributed by atoms with Gasteiger partial charge in [-0.2, -0.15) is 0 Å². The lowest BCUT2D eigenvalue weighted by atomic mass is 9.89. The zero-order valence-corrected chi connectivity index (χ0v) is 10.6. The lowest BCUT2D eigenvalue weighted by molar-refractivity contribution is -0.128. The molecule has 5 nitrogen and oxygen atoms in total. The fraction of sp³-hybridized carbons (Fsp3) is 0.833. The molecule has 0 radical (unpaired) electrons. The van der Waals surface area contributed by atoms with Gasteiger partial charge in [0.2, 0.25) is 11.8 Å². The Morgan fingerprint density at radius 2 is 2.24 bits per heavy atom. The van der Waals surface area contributed by atoms with Crippen molar-refractivity contribution >= 4 is 11.8 Å². The summed E-state index contributed by atoms with van der Waals surface area (Å²) in [6.45, 7) is 5.22. The molecule has 5 heteroatoms. The maximum atomic E-state index is 11.6. The molecule has 0 aromatic rings. The Bertz CT molecular complexity index is 302. The van der Waals surface area contributed by atoms with Gasteiger partial charge in [0.05, 0.1) is 5.92 Å². The molecule has 1 heterocycles. The average molecular weight is 242 g/mol. The number of nitrogens with two attached hydrogens (primary N) is 1. The van der Waals surface area contributed by atoms with Gasteiger partial charge in [-0.05, 0) is 18.3 Å². The standard InChI is InChI=1S/C12H22N2O3/c1-12(2,8-15)4-3-5-14-7-9(11(13)17)6-10(14)16/h9,15H,3-8H2,1-2H3,(H2,13,17). The molecule has 2 amide bonds. The number of hydrogen-bond acceptors (Lipinski definition) is 3. The summed E-state index contributed by atoms with van der Waals surface area (Å²) < 4.78 is 0. The molecule has 0 saturated carbocycles. The van der Waals surface area contributed by atoms with Crippen LogP contribution in [-0.2, 0) is 9.59 Å². The molecule has 0 aromatic carbocycles. The van der Waals surface area contributed by atoms with Crippen molar-refractivity contribution in [1.82, 2.24) is 4.90 Å². The second kappa shape index (κ2) is 5.49. The summed E-state index contributed by atoms with van der Waals surface area (Å²) >= 11 is 0. The fourth-order valence-corrected chi connectivity index (χ4v) is 2.01. The molecule has 17 heavy (non-hydrogen) atoms. The SMILES string of the molecule is CC(C)(CO)CCCN1CC(C(N)=O)CC1=O. The first kappa shape index (κ1) is 14.0. The second-order valence-electron chi connectivity index (χ2n) is 5.57. The third kappa shape index (κ3) is 4.00. The largest absolute Gasteiger partial charge is 0.396 e. The number of aliphatic hydroxyl groups excluding tert-OH is 1. The molecule has 1 atom stereocenters. The Labute approximate surface area is 102 Å². The molecule has 0 spiro atoms. The summed E-state index contributed by atoms with van der Waals surface area (Å²) in [5.41, 5.74) is 5.09. The van der Waals surface area contributed by atoms with E-state index < -0.39 is 5.91 Å². The normalized spacial score (nSPS) is 21.0. The van der Waals surface area contributed by atoms with E-state index in [-0.39, 0.29) is 30.3 Å². The molecular formula is C12H22N2O3. The number of carbonyl (C=O) groups is 2.